The largest absolute Gasteiger partial charge is 0.377 e. The highest BCUT2D eigenvalue weighted by atomic mass is 16.5. The van der Waals surface area contributed by atoms with E-state index in [-0.39, 0.29) is 6.04 Å². The van der Waals surface area contributed by atoms with Crippen molar-refractivity contribution in [2.45, 2.75) is 26.5 Å². The Labute approximate surface area is 125 Å². The number of aromatic nitrogens is 3. The van der Waals surface area contributed by atoms with Crippen LogP contribution in [-0.2, 0) is 11.3 Å². The van der Waals surface area contributed by atoms with Crippen LogP contribution in [0.4, 0.5) is 11.6 Å². The van der Waals surface area contributed by atoms with Gasteiger partial charge in [-0.3, -0.25) is 4.98 Å². The first-order valence-corrected chi connectivity index (χ1v) is 7.01. The quantitative estimate of drug-likeness (QED) is 0.815. The summed E-state index contributed by atoms with van der Waals surface area (Å²) in [6.45, 7) is 5.26. The molecule has 1 unspecified atom stereocenters. The van der Waals surface area contributed by atoms with Crippen molar-refractivity contribution in [3.8, 4) is 0 Å². The maximum atomic E-state index is 5.11. The van der Waals surface area contributed by atoms with E-state index in [0.717, 1.165) is 23.9 Å². The average Bonchev–Trinajstić information content (AvgIpc) is 2.48. The Hall–Kier alpha value is -2.21. The maximum Gasteiger partial charge on any atom is 0.158 e. The summed E-state index contributed by atoms with van der Waals surface area (Å²) < 4.78 is 5.11. The number of hydrogen-bond acceptors (Lipinski definition) is 6. The molecule has 112 valence electrons. The van der Waals surface area contributed by atoms with Gasteiger partial charge in [-0.2, -0.15) is 0 Å². The lowest BCUT2D eigenvalue weighted by Crippen LogP contribution is -2.12. The number of rotatable bonds is 7. The van der Waals surface area contributed by atoms with Gasteiger partial charge in [0.1, 0.15) is 18.2 Å². The molecule has 0 aliphatic rings. The third kappa shape index (κ3) is 4.39. The van der Waals surface area contributed by atoms with E-state index in [0.29, 0.717) is 12.4 Å². The zero-order valence-electron chi connectivity index (χ0n) is 12.6. The molecule has 0 aromatic carbocycles. The highest BCUT2D eigenvalue weighted by molar-refractivity contribution is 5.48. The minimum atomic E-state index is 0.0611. The van der Waals surface area contributed by atoms with Crippen molar-refractivity contribution in [2.75, 3.05) is 24.3 Å². The molecule has 1 atom stereocenters. The van der Waals surface area contributed by atoms with Crippen molar-refractivity contribution >= 4 is 11.6 Å². The van der Waals surface area contributed by atoms with Crippen molar-refractivity contribution in [3.63, 3.8) is 0 Å². The fourth-order valence-electron chi connectivity index (χ4n) is 1.96. The molecule has 2 rings (SSSR count). The number of nitrogens with one attached hydrogen (secondary N) is 2. The van der Waals surface area contributed by atoms with Crippen molar-refractivity contribution in [2.24, 2.45) is 0 Å². The van der Waals surface area contributed by atoms with Gasteiger partial charge in [-0.15, -0.1) is 0 Å². The topological polar surface area (TPSA) is 72.0 Å². The molecule has 2 aromatic heterocycles. The van der Waals surface area contributed by atoms with Gasteiger partial charge in [0.15, 0.2) is 5.82 Å². The molecule has 0 saturated carbocycles. The molecule has 6 heteroatoms. The molecule has 0 bridgehead atoms. The zero-order chi connectivity index (χ0) is 15.1. The van der Waals surface area contributed by atoms with Crippen LogP contribution >= 0.6 is 0 Å². The van der Waals surface area contributed by atoms with Crippen LogP contribution in [0.3, 0.4) is 0 Å². The minimum Gasteiger partial charge on any atom is -0.377 e. The van der Waals surface area contributed by atoms with E-state index in [9.17, 15) is 0 Å². The van der Waals surface area contributed by atoms with Crippen LogP contribution in [0.25, 0.3) is 0 Å². The Kier molecular flexibility index (Phi) is 5.45. The molecule has 0 aliphatic heterocycles. The van der Waals surface area contributed by atoms with Crippen LogP contribution in [0, 0.1) is 0 Å². The van der Waals surface area contributed by atoms with Gasteiger partial charge in [0.2, 0.25) is 0 Å². The summed E-state index contributed by atoms with van der Waals surface area (Å²) in [6.07, 6.45) is 1.79. The molecule has 0 saturated heterocycles. The molecular formula is C15H21N5O. The van der Waals surface area contributed by atoms with Crippen molar-refractivity contribution in [1.82, 2.24) is 15.0 Å². The standard InChI is InChI=1S/C15H21N5O/c1-4-16-13-9-14(20-15(19-13)10-21-3)18-11(2)12-7-5-6-8-17-12/h5-9,11H,4,10H2,1-3H3,(H2,16,18,19,20). The second kappa shape index (κ2) is 7.54. The summed E-state index contributed by atoms with van der Waals surface area (Å²) in [5.74, 6) is 2.19. The lowest BCUT2D eigenvalue weighted by molar-refractivity contribution is 0.178. The van der Waals surface area contributed by atoms with Crippen LogP contribution in [-0.4, -0.2) is 28.6 Å². The van der Waals surface area contributed by atoms with Gasteiger partial charge in [-0.1, -0.05) is 6.07 Å². The monoisotopic (exact) mass is 287 g/mol. The number of hydrogen-bond donors (Lipinski definition) is 2. The molecule has 0 spiro atoms. The number of methoxy groups -OCH3 is 1. The smallest absolute Gasteiger partial charge is 0.158 e. The van der Waals surface area contributed by atoms with E-state index in [1.165, 1.54) is 0 Å². The van der Waals surface area contributed by atoms with Gasteiger partial charge in [0.25, 0.3) is 0 Å². The SMILES string of the molecule is CCNc1cc(NC(C)c2ccccn2)nc(COC)n1. The molecule has 0 aliphatic carbocycles. The first-order valence-electron chi connectivity index (χ1n) is 7.01. The molecule has 0 fully saturated rings. The molecule has 6 nitrogen and oxygen atoms in total. The number of nitrogens with zero attached hydrogens (tertiary/aromatic N) is 3. The molecule has 2 aromatic rings. The lowest BCUT2D eigenvalue weighted by Gasteiger charge is -2.15. The second-order valence-electron chi connectivity index (χ2n) is 4.64. The molecule has 0 radical (unpaired) electrons. The average molecular weight is 287 g/mol. The Morgan fingerprint density at radius 3 is 2.71 bits per heavy atom. The van der Waals surface area contributed by atoms with Gasteiger partial charge in [-0.05, 0) is 26.0 Å². The van der Waals surface area contributed by atoms with Gasteiger partial charge in [0, 0.05) is 25.9 Å². The van der Waals surface area contributed by atoms with Crippen molar-refractivity contribution in [1.29, 1.82) is 0 Å². The first-order chi connectivity index (χ1) is 10.2. The van der Waals surface area contributed by atoms with E-state index in [4.69, 9.17) is 4.74 Å². The molecule has 0 amide bonds. The summed E-state index contributed by atoms with van der Waals surface area (Å²) in [5.41, 5.74) is 0.967. The predicted octanol–water partition coefficient (Wildman–Crippen LogP) is 2.62. The van der Waals surface area contributed by atoms with Crippen LogP contribution in [0.1, 0.15) is 31.4 Å². The third-order valence-electron chi connectivity index (χ3n) is 2.90. The highest BCUT2D eigenvalue weighted by Crippen LogP contribution is 2.18. The van der Waals surface area contributed by atoms with E-state index >= 15 is 0 Å². The number of pyridine rings is 1. The van der Waals surface area contributed by atoms with E-state index < -0.39 is 0 Å². The van der Waals surface area contributed by atoms with E-state index in [2.05, 4.69) is 25.6 Å². The van der Waals surface area contributed by atoms with Crippen LogP contribution in [0.15, 0.2) is 30.5 Å². The maximum absolute atomic E-state index is 5.11. The predicted molar refractivity (Wildman–Crippen MR) is 83.2 cm³/mol. The van der Waals surface area contributed by atoms with Crippen LogP contribution in [0.2, 0.25) is 0 Å². The Morgan fingerprint density at radius 1 is 1.24 bits per heavy atom. The first kappa shape index (κ1) is 15.2. The van der Waals surface area contributed by atoms with Crippen LogP contribution < -0.4 is 10.6 Å². The van der Waals surface area contributed by atoms with E-state index in [1.807, 2.05) is 38.1 Å². The van der Waals surface area contributed by atoms with Gasteiger partial charge >= 0.3 is 0 Å². The molecule has 2 heterocycles. The van der Waals surface area contributed by atoms with Crippen LogP contribution in [0.5, 0.6) is 0 Å². The lowest BCUT2D eigenvalue weighted by atomic mass is 10.2. The van der Waals surface area contributed by atoms with E-state index in [1.54, 1.807) is 13.3 Å². The fourth-order valence-corrected chi connectivity index (χ4v) is 1.96. The normalized spacial score (nSPS) is 12.0. The van der Waals surface area contributed by atoms with Gasteiger partial charge < -0.3 is 15.4 Å². The fraction of sp³-hybridized carbons (Fsp3) is 0.400. The summed E-state index contributed by atoms with van der Waals surface area (Å²) in [4.78, 5) is 13.2. The number of ether oxygens (including phenoxy) is 1. The summed E-state index contributed by atoms with van der Waals surface area (Å²) in [5, 5.41) is 6.54. The Morgan fingerprint density at radius 2 is 2.05 bits per heavy atom. The van der Waals surface area contributed by atoms with Gasteiger partial charge in [-0.25, -0.2) is 9.97 Å². The second-order valence-corrected chi connectivity index (χ2v) is 4.64. The Balaban J connectivity index is 2.18. The third-order valence-corrected chi connectivity index (χ3v) is 2.90. The summed E-state index contributed by atoms with van der Waals surface area (Å²) >= 11 is 0. The van der Waals surface area contributed by atoms with Gasteiger partial charge in [0.05, 0.1) is 11.7 Å². The summed E-state index contributed by atoms with van der Waals surface area (Å²) in [6, 6.07) is 7.82. The molecule has 21 heavy (non-hydrogen) atoms. The molecule has 2 N–H and O–H groups in total. The zero-order valence-corrected chi connectivity index (χ0v) is 12.6. The minimum absolute atomic E-state index is 0.0611. The summed E-state index contributed by atoms with van der Waals surface area (Å²) in [7, 11) is 1.63. The molecular weight excluding hydrogens is 266 g/mol. The highest BCUT2D eigenvalue weighted by Gasteiger charge is 2.09. The Bertz CT molecular complexity index is 537. The van der Waals surface area contributed by atoms with Crippen molar-refractivity contribution < 1.29 is 4.74 Å². The number of anilines is 2. The van der Waals surface area contributed by atoms with Crippen molar-refractivity contribution in [3.05, 3.63) is 42.0 Å².